The van der Waals surface area contributed by atoms with Gasteiger partial charge in [0.2, 0.25) is 0 Å². The molecule has 1 heterocycles. The van der Waals surface area contributed by atoms with Gasteiger partial charge in [0.05, 0.1) is 23.1 Å². The monoisotopic (exact) mass is 143 g/mol. The van der Waals surface area contributed by atoms with Crippen LogP contribution in [0.4, 0.5) is 0 Å². The number of hydrogen-bond donors (Lipinski definition) is 1. The summed E-state index contributed by atoms with van der Waals surface area (Å²) in [6.45, 7) is -6.42. The van der Waals surface area contributed by atoms with Crippen molar-refractivity contribution in [2.75, 3.05) is 27.1 Å². The lowest BCUT2D eigenvalue weighted by molar-refractivity contribution is -0.00461. The lowest BCUT2D eigenvalue weighted by Gasteiger charge is -2.14. The van der Waals surface area contributed by atoms with E-state index >= 15 is 0 Å². The van der Waals surface area contributed by atoms with E-state index < -0.39 is 39.2 Å². The van der Waals surface area contributed by atoms with Crippen molar-refractivity contribution in [2.24, 2.45) is 0 Å². The van der Waals surface area contributed by atoms with E-state index in [9.17, 15) is 0 Å². The minimum Gasteiger partial charge on any atom is -0.377 e. The van der Waals surface area contributed by atoms with Crippen LogP contribution in [0.1, 0.15) is 16.4 Å². The van der Waals surface area contributed by atoms with Gasteiger partial charge >= 0.3 is 0 Å². The van der Waals surface area contributed by atoms with Crippen molar-refractivity contribution in [1.29, 1.82) is 0 Å². The van der Waals surface area contributed by atoms with Gasteiger partial charge in [0, 0.05) is 32.6 Å². The zero-order chi connectivity index (χ0) is 17.1. The smallest absolute Gasteiger partial charge is 0.0969 e. The fraction of sp³-hybridized carbons (Fsp3) is 1.00. The van der Waals surface area contributed by atoms with Crippen molar-refractivity contribution >= 4 is 0 Å². The van der Waals surface area contributed by atoms with E-state index in [1.165, 1.54) is 5.32 Å². The minimum absolute atomic E-state index is 1.54. The summed E-state index contributed by atoms with van der Waals surface area (Å²) >= 11 is 0. The van der Waals surface area contributed by atoms with Gasteiger partial charge in [-0.15, -0.1) is 0 Å². The van der Waals surface area contributed by atoms with Crippen molar-refractivity contribution in [2.45, 2.75) is 12.2 Å². The van der Waals surface area contributed by atoms with Crippen molar-refractivity contribution < 1.29 is 25.9 Å². The van der Waals surface area contributed by atoms with Crippen LogP contribution in [0.5, 0.6) is 0 Å². The van der Waals surface area contributed by atoms with E-state index in [4.69, 9.17) is 16.4 Å². The second-order valence-corrected chi connectivity index (χ2v) is 1.24. The van der Waals surface area contributed by atoms with Crippen LogP contribution >= 0.6 is 0 Å². The lowest BCUT2D eigenvalue weighted by atomic mass is 10.3. The Balaban J connectivity index is 3.46. The summed E-state index contributed by atoms with van der Waals surface area (Å²) < 4.78 is 95.7. The van der Waals surface area contributed by atoms with Crippen LogP contribution in [-0.2, 0) is 9.47 Å². The van der Waals surface area contributed by atoms with Gasteiger partial charge in [-0.3, -0.25) is 0 Å². The molecule has 3 nitrogen and oxygen atoms in total. The summed E-state index contributed by atoms with van der Waals surface area (Å²) in [4.78, 5) is 0. The third kappa shape index (κ3) is 1.41. The average Bonchev–Trinajstić information content (AvgIpc) is 2.16. The maximum absolute atomic E-state index is 7.81. The topological polar surface area (TPSA) is 30.5 Å². The number of nitrogens with one attached hydrogen (secondary N) is 1. The summed E-state index contributed by atoms with van der Waals surface area (Å²) in [5.41, 5.74) is 0. The highest BCUT2D eigenvalue weighted by Gasteiger charge is 2.25. The molecule has 0 spiro atoms. The van der Waals surface area contributed by atoms with Crippen molar-refractivity contribution in [3.63, 3.8) is 0 Å². The molecule has 2 atom stereocenters. The highest BCUT2D eigenvalue weighted by atomic mass is 16.5. The maximum atomic E-state index is 7.81. The largest absolute Gasteiger partial charge is 0.377 e. The van der Waals surface area contributed by atoms with Gasteiger partial charge in [-0.2, -0.15) is 0 Å². The van der Waals surface area contributed by atoms with E-state index in [1.54, 1.807) is 0 Å². The molecule has 0 amide bonds. The highest BCUT2D eigenvalue weighted by Crippen LogP contribution is 2.05. The molecule has 1 fully saturated rings. The normalized spacial score (nSPS) is 85.3. The van der Waals surface area contributed by atoms with Gasteiger partial charge in [0.25, 0.3) is 0 Å². The Kier molecular flexibility index (Phi) is 0.443. The fourth-order valence-electron chi connectivity index (χ4n) is 0.402. The van der Waals surface area contributed by atoms with Crippen LogP contribution in [-0.4, -0.2) is 39.2 Å². The Morgan fingerprint density at radius 1 is 1.56 bits per heavy atom. The average molecular weight is 143 g/mol. The molecule has 0 radical (unpaired) electrons. The first-order valence-corrected chi connectivity index (χ1v) is 2.07. The summed E-state index contributed by atoms with van der Waals surface area (Å²) in [5, 5.41) is 1.54. The van der Waals surface area contributed by atoms with E-state index in [-0.39, 0.29) is 0 Å². The SMILES string of the molecule is [2H]C([2H])([2H])OC1([2H])C([2H])([2H])NC([2H])([2H])C1([2H])OC([2H])([2H])[2H]. The molecule has 0 aromatic rings. The summed E-state index contributed by atoms with van der Waals surface area (Å²) in [6.07, 6.45) is -7.02. The first-order valence-electron chi connectivity index (χ1n) is 8.07. The van der Waals surface area contributed by atoms with Gasteiger partial charge in [0.15, 0.2) is 0 Å². The van der Waals surface area contributed by atoms with Crippen LogP contribution in [0.3, 0.4) is 0 Å². The Hall–Kier alpha value is -0.120. The Bertz CT molecular complexity index is 379. The Morgan fingerprint density at radius 3 is 2.56 bits per heavy atom. The molecule has 0 bridgehead atoms. The molecule has 1 N–H and O–H groups in total. The predicted molar refractivity (Wildman–Crippen MR) is 34.5 cm³/mol. The molecule has 1 aliphatic heterocycles. The van der Waals surface area contributed by atoms with Gasteiger partial charge in [-0.25, -0.2) is 0 Å². The molecule has 1 rings (SSSR count). The molecule has 3 heteroatoms. The van der Waals surface area contributed by atoms with Crippen LogP contribution in [0.2, 0.25) is 0 Å². The molecule has 54 valence electrons. The van der Waals surface area contributed by atoms with Crippen molar-refractivity contribution in [1.82, 2.24) is 5.32 Å². The Morgan fingerprint density at radius 2 is 2.11 bits per heavy atom. The molecule has 0 saturated carbocycles. The van der Waals surface area contributed by atoms with Crippen LogP contribution in [0.15, 0.2) is 0 Å². The molecule has 2 unspecified atom stereocenters. The van der Waals surface area contributed by atoms with Crippen molar-refractivity contribution in [3.05, 3.63) is 0 Å². The summed E-state index contributed by atoms with van der Waals surface area (Å²) in [6, 6.07) is 0. The van der Waals surface area contributed by atoms with E-state index in [2.05, 4.69) is 9.47 Å². The van der Waals surface area contributed by atoms with E-state index in [1.807, 2.05) is 0 Å². The predicted octanol–water partition coefficient (Wildman–Crippen LogP) is -0.380. The fourth-order valence-corrected chi connectivity index (χ4v) is 0.402. The number of ether oxygens (including phenoxy) is 2. The number of hydrogen-bond acceptors (Lipinski definition) is 3. The second-order valence-electron chi connectivity index (χ2n) is 1.24. The first-order chi connectivity index (χ1) is 8.87. The van der Waals surface area contributed by atoms with Gasteiger partial charge < -0.3 is 14.8 Å². The quantitative estimate of drug-likeness (QED) is 0.571. The van der Waals surface area contributed by atoms with Crippen molar-refractivity contribution in [3.8, 4) is 0 Å². The molecule has 1 saturated heterocycles. The number of methoxy groups -OCH3 is 2. The highest BCUT2D eigenvalue weighted by molar-refractivity contribution is 4.81. The molecule has 9 heavy (non-hydrogen) atoms. The maximum Gasteiger partial charge on any atom is 0.0969 e. The van der Waals surface area contributed by atoms with Crippen LogP contribution < -0.4 is 5.32 Å². The van der Waals surface area contributed by atoms with E-state index in [0.717, 1.165) is 0 Å². The van der Waals surface area contributed by atoms with Gasteiger partial charge in [-0.1, -0.05) is 0 Å². The molecule has 0 aliphatic carbocycles. The van der Waals surface area contributed by atoms with Crippen LogP contribution in [0.25, 0.3) is 0 Å². The third-order valence-corrected chi connectivity index (χ3v) is 0.762. The van der Waals surface area contributed by atoms with Crippen LogP contribution in [0, 0.1) is 0 Å². The second kappa shape index (κ2) is 3.15. The molecule has 1 aliphatic rings. The van der Waals surface area contributed by atoms with Gasteiger partial charge in [0.1, 0.15) is 0 Å². The van der Waals surface area contributed by atoms with E-state index in [0.29, 0.717) is 0 Å². The first kappa shape index (κ1) is 1.26. The van der Waals surface area contributed by atoms with Gasteiger partial charge in [-0.05, 0) is 0 Å². The lowest BCUT2D eigenvalue weighted by Crippen LogP contribution is -2.27. The molecule has 0 aromatic carbocycles. The molecule has 0 aromatic heterocycles. The summed E-state index contributed by atoms with van der Waals surface area (Å²) in [5.74, 6) is 0. The molecular weight excluding hydrogens is 118 g/mol. The Labute approximate surface area is 72.2 Å². The molecular formula is C6H13NO2. The minimum atomic E-state index is -3.51. The number of rotatable bonds is 2. The zero-order valence-corrected chi connectivity index (χ0v) is 4.32. The third-order valence-electron chi connectivity index (χ3n) is 0.762. The zero-order valence-electron chi connectivity index (χ0n) is 16.3. The summed E-state index contributed by atoms with van der Waals surface area (Å²) in [7, 11) is -6.77. The standard InChI is InChI=1S/C6H13NO2/c1-8-5-3-7-4-6(5)9-2/h5-7H,3-4H2,1-2H3/i1D3,2D3,3D2,4D2,5D,6D.